The average molecular weight is 836 g/mol. The minimum atomic E-state index is -1.78. The Hall–Kier alpha value is -2.64. The van der Waals surface area contributed by atoms with Crippen LogP contribution in [0, 0.1) is 34.5 Å². The van der Waals surface area contributed by atoms with E-state index in [1.165, 1.54) is 26.4 Å². The predicted octanol–water partition coefficient (Wildman–Crippen LogP) is 7.08. The number of nitrogens with zero attached hydrogens (tertiary/aromatic N) is 1. The van der Waals surface area contributed by atoms with E-state index in [4.69, 9.17) is 28.4 Å². The van der Waals surface area contributed by atoms with E-state index < -0.39 is 70.7 Å². The fourth-order valence-electron chi connectivity index (χ4n) is 14.3. The molecule has 0 unspecified atom stereocenters. The summed E-state index contributed by atoms with van der Waals surface area (Å²) >= 11 is 0. The molecule has 6 aliphatic rings. The molecule has 0 aromatic heterocycles. The maximum Gasteiger partial charge on any atom is 0.338 e. The summed E-state index contributed by atoms with van der Waals surface area (Å²) in [7, 11) is 8.79. The standard InChI is InChI=1S/C49H73NO10/c1-7-8-9-10-11-12-13-14-15-16-17-18-19-20-24-27-36(51)60-49-37-34(30-47(54,44(58-6)42(49)52)43(37)59-45(53)33-25-22-21-23-26-33)48-35(56-4)28-29-46(32-55-3)31-50(2)41(48)38(49)39(57-5)40(46)48/h11-12,14-15,21-23,25-26,34-35,37-44,52,54H,7-10,13,16-20,24,27-32H2,1-6H3/b12-11-,15-14-/t34-,35+,37-,38+,39+,40-,41-,42+,43-,44+,46+,47+,48+,49-/m1/s1. The summed E-state index contributed by atoms with van der Waals surface area (Å²) in [5.41, 5.74) is -4.00. The Morgan fingerprint density at radius 2 is 1.57 bits per heavy atom. The molecule has 11 heteroatoms. The van der Waals surface area contributed by atoms with Crippen LogP contribution >= 0.6 is 0 Å². The number of fused-ring (bicyclic) bond motifs is 2. The molecule has 0 amide bonds. The highest BCUT2D eigenvalue weighted by atomic mass is 16.6. The molecule has 5 aliphatic carbocycles. The molecule has 1 aromatic carbocycles. The number of esters is 2. The van der Waals surface area contributed by atoms with Crippen LogP contribution in [0.3, 0.4) is 0 Å². The summed E-state index contributed by atoms with van der Waals surface area (Å²) in [6.07, 6.45) is 18.3. The summed E-state index contributed by atoms with van der Waals surface area (Å²) in [6, 6.07) is 8.50. The summed E-state index contributed by atoms with van der Waals surface area (Å²) in [5.74, 6) is -2.84. The van der Waals surface area contributed by atoms with Gasteiger partial charge in [0.2, 0.25) is 0 Å². The third kappa shape index (κ3) is 7.33. The first-order valence-corrected chi connectivity index (χ1v) is 23.0. The Bertz CT molecular complexity index is 1670. The summed E-state index contributed by atoms with van der Waals surface area (Å²) in [4.78, 5) is 30.9. The first-order chi connectivity index (χ1) is 29.1. The molecule has 334 valence electrons. The number of carbonyl (C=O) groups excluding carboxylic acids is 2. The van der Waals surface area contributed by atoms with Gasteiger partial charge in [-0.15, -0.1) is 0 Å². The fraction of sp³-hybridized carbons (Fsp3) is 0.755. The van der Waals surface area contributed by atoms with Crippen LogP contribution in [-0.2, 0) is 33.2 Å². The lowest BCUT2D eigenvalue weighted by Gasteiger charge is -2.69. The number of benzene rings is 1. The molecule has 2 N–H and O–H groups in total. The zero-order valence-corrected chi connectivity index (χ0v) is 37.1. The van der Waals surface area contributed by atoms with E-state index in [0.717, 1.165) is 64.3 Å². The number of likely N-dealkylation sites (tertiary alicyclic amines) is 1. The van der Waals surface area contributed by atoms with Crippen LogP contribution in [0.1, 0.15) is 114 Å². The SMILES string of the molecule is CCCCC/C=C\C/C=C\CCCCCCCC(=O)O[C@]12[C@H]3[C@@H](OC(=O)c4ccccc4)[C@@](O)(C[C@H]3[C@@]34[C@@H](OC)CC[C@@]5(COC)CN(C)[C@@H]3[C@@H]1[C@H](OC)[C@H]54)[C@@H](OC)[C@@H]2O. The summed E-state index contributed by atoms with van der Waals surface area (Å²) in [5, 5.41) is 26.0. The van der Waals surface area contributed by atoms with Gasteiger partial charge in [0, 0.05) is 76.0 Å². The van der Waals surface area contributed by atoms with Gasteiger partial charge in [-0.2, -0.15) is 0 Å². The Balaban J connectivity index is 1.17. The molecule has 1 saturated heterocycles. The van der Waals surface area contributed by atoms with E-state index in [2.05, 4.69) is 43.2 Å². The third-order valence-electron chi connectivity index (χ3n) is 16.1. The number of aliphatic hydroxyl groups is 2. The monoisotopic (exact) mass is 836 g/mol. The Labute approximate surface area is 358 Å². The smallest absolute Gasteiger partial charge is 0.338 e. The van der Waals surface area contributed by atoms with Gasteiger partial charge in [0.15, 0.2) is 5.60 Å². The number of piperidine rings is 1. The lowest BCUT2D eigenvalue weighted by atomic mass is 9.43. The highest BCUT2D eigenvalue weighted by molar-refractivity contribution is 5.89. The maximum atomic E-state index is 14.5. The maximum absolute atomic E-state index is 14.5. The molecule has 7 bridgehead atoms. The van der Waals surface area contributed by atoms with Crippen LogP contribution in [0.4, 0.5) is 0 Å². The number of unbranched alkanes of at least 4 members (excludes halogenated alkanes) is 8. The van der Waals surface area contributed by atoms with E-state index in [1.807, 2.05) is 6.07 Å². The molecular formula is C49H73NO10. The van der Waals surface area contributed by atoms with Gasteiger partial charge in [-0.1, -0.05) is 81.5 Å². The average Bonchev–Trinajstić information content (AvgIpc) is 3.64. The largest absolute Gasteiger partial charge is 0.455 e. The van der Waals surface area contributed by atoms with Crippen LogP contribution in [0.5, 0.6) is 0 Å². The van der Waals surface area contributed by atoms with Crippen LogP contribution in [0.2, 0.25) is 0 Å². The van der Waals surface area contributed by atoms with Crippen molar-refractivity contribution < 1.29 is 48.2 Å². The number of hydrogen-bond acceptors (Lipinski definition) is 11. The molecule has 7 rings (SSSR count). The summed E-state index contributed by atoms with van der Waals surface area (Å²) < 4.78 is 38.8. The fourth-order valence-corrected chi connectivity index (χ4v) is 14.3. The number of methoxy groups -OCH3 is 4. The molecule has 5 saturated carbocycles. The summed E-state index contributed by atoms with van der Waals surface area (Å²) in [6.45, 7) is 3.46. The van der Waals surface area contributed by atoms with Gasteiger partial charge in [-0.05, 0) is 82.9 Å². The lowest BCUT2D eigenvalue weighted by Crippen LogP contribution is -2.80. The van der Waals surface area contributed by atoms with Gasteiger partial charge in [0.25, 0.3) is 0 Å². The molecule has 1 spiro atoms. The number of rotatable bonds is 22. The van der Waals surface area contributed by atoms with Crippen molar-refractivity contribution in [3.05, 3.63) is 60.2 Å². The lowest BCUT2D eigenvalue weighted by molar-refractivity contribution is -0.317. The highest BCUT2D eigenvalue weighted by Crippen LogP contribution is 2.80. The quantitative estimate of drug-likeness (QED) is 0.0706. The van der Waals surface area contributed by atoms with Crippen LogP contribution < -0.4 is 0 Å². The van der Waals surface area contributed by atoms with Gasteiger partial charge < -0.3 is 43.5 Å². The second-order valence-electron chi connectivity index (χ2n) is 19.1. The van der Waals surface area contributed by atoms with Crippen molar-refractivity contribution in [2.24, 2.45) is 34.5 Å². The minimum Gasteiger partial charge on any atom is -0.455 e. The van der Waals surface area contributed by atoms with Crippen molar-refractivity contribution in [1.82, 2.24) is 4.90 Å². The molecule has 6 fully saturated rings. The number of ether oxygens (including phenoxy) is 6. The van der Waals surface area contributed by atoms with Crippen molar-refractivity contribution >= 4 is 11.9 Å². The van der Waals surface area contributed by atoms with E-state index in [9.17, 15) is 19.8 Å². The van der Waals surface area contributed by atoms with Crippen molar-refractivity contribution in [2.45, 2.75) is 151 Å². The van der Waals surface area contributed by atoms with E-state index in [1.54, 1.807) is 45.6 Å². The number of carbonyl (C=O) groups is 2. The van der Waals surface area contributed by atoms with Crippen molar-refractivity contribution in [1.29, 1.82) is 0 Å². The second kappa shape index (κ2) is 19.0. The van der Waals surface area contributed by atoms with Gasteiger partial charge in [-0.3, -0.25) is 4.79 Å². The predicted molar refractivity (Wildman–Crippen MR) is 228 cm³/mol. The number of allylic oxidation sites excluding steroid dienone is 4. The Kier molecular flexibility index (Phi) is 14.4. The topological polar surface area (TPSA) is 133 Å². The van der Waals surface area contributed by atoms with Crippen LogP contribution in [0.15, 0.2) is 54.6 Å². The van der Waals surface area contributed by atoms with E-state index in [-0.39, 0.29) is 36.3 Å². The van der Waals surface area contributed by atoms with Crippen molar-refractivity contribution in [2.75, 3.05) is 48.6 Å². The Morgan fingerprint density at radius 3 is 2.23 bits per heavy atom. The number of aliphatic hydroxyl groups excluding tert-OH is 1. The molecule has 1 aromatic rings. The minimum absolute atomic E-state index is 0.117. The van der Waals surface area contributed by atoms with Gasteiger partial charge in [0.1, 0.15) is 23.9 Å². The third-order valence-corrected chi connectivity index (χ3v) is 16.1. The molecule has 0 radical (unpaired) electrons. The number of hydrogen-bond donors (Lipinski definition) is 2. The molecular weight excluding hydrogens is 763 g/mol. The van der Waals surface area contributed by atoms with Crippen LogP contribution in [-0.4, -0.2) is 123 Å². The second-order valence-corrected chi connectivity index (χ2v) is 19.1. The molecule has 11 nitrogen and oxygen atoms in total. The van der Waals surface area contributed by atoms with Crippen molar-refractivity contribution in [3.8, 4) is 0 Å². The molecule has 1 heterocycles. The van der Waals surface area contributed by atoms with Gasteiger partial charge in [-0.25, -0.2) is 4.79 Å². The first-order valence-electron chi connectivity index (χ1n) is 23.0. The van der Waals surface area contributed by atoms with Gasteiger partial charge in [0.05, 0.1) is 24.4 Å². The zero-order valence-electron chi connectivity index (χ0n) is 37.1. The zero-order chi connectivity index (χ0) is 42.7. The van der Waals surface area contributed by atoms with E-state index >= 15 is 0 Å². The molecule has 1 aliphatic heterocycles. The van der Waals surface area contributed by atoms with Gasteiger partial charge >= 0.3 is 11.9 Å². The Morgan fingerprint density at radius 1 is 0.867 bits per heavy atom. The highest BCUT2D eigenvalue weighted by Gasteiger charge is 2.91. The molecule has 60 heavy (non-hydrogen) atoms. The van der Waals surface area contributed by atoms with E-state index in [0.29, 0.717) is 18.6 Å². The van der Waals surface area contributed by atoms with Crippen molar-refractivity contribution in [3.63, 3.8) is 0 Å². The normalized spacial score (nSPS) is 40.1. The van der Waals surface area contributed by atoms with Crippen LogP contribution in [0.25, 0.3) is 0 Å². The molecule has 14 atom stereocenters. The first kappa shape index (κ1) is 45.4.